The van der Waals surface area contributed by atoms with Gasteiger partial charge in [0.25, 0.3) is 10.0 Å². The van der Waals surface area contributed by atoms with Gasteiger partial charge in [0.05, 0.1) is 22.2 Å². The minimum absolute atomic E-state index is 0.404. The normalized spacial score (nSPS) is 11.6. The molecule has 0 radical (unpaired) electrons. The largest absolute Gasteiger partial charge is 0.358 e. The quantitative estimate of drug-likeness (QED) is 0.771. The van der Waals surface area contributed by atoms with Gasteiger partial charge in [0.2, 0.25) is 0 Å². The molecule has 23 heavy (non-hydrogen) atoms. The number of rotatable bonds is 4. The van der Waals surface area contributed by atoms with Crippen molar-refractivity contribution in [3.05, 3.63) is 71.3 Å². The molecule has 0 unspecified atom stereocenters. The van der Waals surface area contributed by atoms with Crippen LogP contribution >= 0.6 is 0 Å². The number of hydrogen-bond donors (Lipinski definition) is 2. The molecule has 2 N–H and O–H groups in total. The highest BCUT2D eigenvalue weighted by Gasteiger charge is 2.11. The summed E-state index contributed by atoms with van der Waals surface area (Å²) in [5.74, 6) is 0. The van der Waals surface area contributed by atoms with Gasteiger partial charge in [-0.1, -0.05) is 42.5 Å². The summed E-state index contributed by atoms with van der Waals surface area (Å²) in [6.45, 7) is 0. The van der Waals surface area contributed by atoms with Crippen molar-refractivity contribution in [2.75, 3.05) is 4.72 Å². The monoisotopic (exact) mass is 323 g/mol. The second kappa shape index (κ2) is 5.99. The van der Waals surface area contributed by atoms with Gasteiger partial charge in [-0.05, 0) is 17.7 Å². The van der Waals surface area contributed by atoms with Crippen LogP contribution in [-0.4, -0.2) is 13.4 Å². The third-order valence-electron chi connectivity index (χ3n) is 3.33. The van der Waals surface area contributed by atoms with Crippen LogP contribution in [0.5, 0.6) is 0 Å². The summed E-state index contributed by atoms with van der Waals surface area (Å²) in [7, 11) is -3.66. The third-order valence-corrected chi connectivity index (χ3v) is 4.33. The number of aromatic nitrogens is 1. The third kappa shape index (κ3) is 3.25. The number of nitriles is 1. The molecule has 6 heteroatoms. The number of para-hydroxylation sites is 1. The highest BCUT2D eigenvalue weighted by molar-refractivity contribution is 7.95. The zero-order chi connectivity index (χ0) is 16.3. The van der Waals surface area contributed by atoms with Gasteiger partial charge < -0.3 is 4.98 Å². The first-order chi connectivity index (χ1) is 11.1. The first-order valence-corrected chi connectivity index (χ1v) is 8.40. The van der Waals surface area contributed by atoms with E-state index in [0.29, 0.717) is 22.2 Å². The number of hydrogen-bond acceptors (Lipinski definition) is 3. The van der Waals surface area contributed by atoms with Gasteiger partial charge in [0, 0.05) is 11.6 Å². The molecule has 3 rings (SSSR count). The summed E-state index contributed by atoms with van der Waals surface area (Å²) in [6.07, 6.45) is 3.08. The first kappa shape index (κ1) is 14.9. The number of nitrogens with zero attached hydrogens (tertiary/aromatic N) is 1. The molecule has 5 nitrogen and oxygen atoms in total. The van der Waals surface area contributed by atoms with Crippen LogP contribution in [0.2, 0.25) is 0 Å². The van der Waals surface area contributed by atoms with Gasteiger partial charge >= 0.3 is 0 Å². The van der Waals surface area contributed by atoms with Gasteiger partial charge in [0.15, 0.2) is 0 Å². The summed E-state index contributed by atoms with van der Waals surface area (Å²) >= 11 is 0. The molecule has 114 valence electrons. The predicted molar refractivity (Wildman–Crippen MR) is 91.0 cm³/mol. The molecule has 2 aromatic carbocycles. The van der Waals surface area contributed by atoms with Gasteiger partial charge in [-0.3, -0.25) is 4.72 Å². The average Bonchev–Trinajstić information content (AvgIpc) is 2.98. The predicted octanol–water partition coefficient (Wildman–Crippen LogP) is 3.45. The Hall–Kier alpha value is -3.04. The van der Waals surface area contributed by atoms with Crippen LogP contribution in [0.4, 0.5) is 5.69 Å². The molecule has 0 spiro atoms. The van der Waals surface area contributed by atoms with Gasteiger partial charge in [0.1, 0.15) is 6.07 Å². The van der Waals surface area contributed by atoms with Crippen molar-refractivity contribution in [3.63, 3.8) is 0 Å². The Bertz CT molecular complexity index is 1010. The van der Waals surface area contributed by atoms with Crippen molar-refractivity contribution < 1.29 is 8.42 Å². The molecular formula is C17H13N3O2S. The highest BCUT2D eigenvalue weighted by atomic mass is 32.2. The van der Waals surface area contributed by atoms with Crippen molar-refractivity contribution in [2.45, 2.75) is 0 Å². The lowest BCUT2D eigenvalue weighted by Crippen LogP contribution is -2.09. The molecule has 0 bridgehead atoms. The van der Waals surface area contributed by atoms with Crippen LogP contribution < -0.4 is 4.72 Å². The number of sulfonamides is 1. The van der Waals surface area contributed by atoms with E-state index in [2.05, 4.69) is 15.8 Å². The smallest absolute Gasteiger partial charge is 0.255 e. The fraction of sp³-hybridized carbons (Fsp3) is 0. The molecule has 0 aliphatic rings. The number of H-pyrrole nitrogens is 1. The molecule has 1 aromatic heterocycles. The molecule has 0 saturated carbocycles. The van der Waals surface area contributed by atoms with E-state index in [4.69, 9.17) is 5.26 Å². The van der Waals surface area contributed by atoms with Crippen molar-refractivity contribution in [3.8, 4) is 6.07 Å². The Morgan fingerprint density at radius 1 is 1.09 bits per heavy atom. The number of aromatic amines is 1. The van der Waals surface area contributed by atoms with Crippen LogP contribution in [0.25, 0.3) is 17.0 Å². The Kier molecular flexibility index (Phi) is 3.87. The molecule has 0 atom stereocenters. The van der Waals surface area contributed by atoms with E-state index in [9.17, 15) is 8.42 Å². The molecule has 0 aliphatic heterocycles. The number of benzene rings is 2. The molecule has 0 saturated heterocycles. The van der Waals surface area contributed by atoms with Crippen molar-refractivity contribution in [2.24, 2.45) is 0 Å². The number of nitrogens with one attached hydrogen (secondary N) is 2. The average molecular weight is 323 g/mol. The molecular weight excluding hydrogens is 310 g/mol. The van der Waals surface area contributed by atoms with Crippen LogP contribution in [0, 0.1) is 11.3 Å². The Morgan fingerprint density at radius 3 is 2.61 bits per heavy atom. The second-order valence-electron chi connectivity index (χ2n) is 4.90. The molecule has 0 aliphatic carbocycles. The van der Waals surface area contributed by atoms with Crippen molar-refractivity contribution in [1.82, 2.24) is 4.98 Å². The first-order valence-electron chi connectivity index (χ1n) is 6.85. The zero-order valence-corrected chi connectivity index (χ0v) is 12.8. The lowest BCUT2D eigenvalue weighted by molar-refractivity contribution is 0.609. The zero-order valence-electron chi connectivity index (χ0n) is 12.0. The number of anilines is 1. The van der Waals surface area contributed by atoms with E-state index in [1.54, 1.807) is 24.4 Å². The second-order valence-corrected chi connectivity index (χ2v) is 6.47. The molecule has 0 amide bonds. The summed E-state index contributed by atoms with van der Waals surface area (Å²) in [5.41, 5.74) is 2.26. The Labute approximate surface area is 133 Å². The molecule has 3 aromatic rings. The van der Waals surface area contributed by atoms with E-state index in [0.717, 1.165) is 11.0 Å². The topological polar surface area (TPSA) is 85.8 Å². The molecule has 0 fully saturated rings. The maximum absolute atomic E-state index is 12.2. The Balaban J connectivity index is 1.91. The van der Waals surface area contributed by atoms with Crippen LogP contribution in [0.15, 0.2) is 60.1 Å². The Morgan fingerprint density at radius 2 is 1.87 bits per heavy atom. The van der Waals surface area contributed by atoms with Crippen molar-refractivity contribution in [1.29, 1.82) is 5.26 Å². The minimum atomic E-state index is -3.66. The van der Waals surface area contributed by atoms with Crippen LogP contribution in [0.1, 0.15) is 11.1 Å². The van der Waals surface area contributed by atoms with Gasteiger partial charge in [-0.15, -0.1) is 0 Å². The maximum atomic E-state index is 12.2. The molecule has 1 heterocycles. The van der Waals surface area contributed by atoms with E-state index in [-0.39, 0.29) is 0 Å². The van der Waals surface area contributed by atoms with Gasteiger partial charge in [-0.2, -0.15) is 5.26 Å². The minimum Gasteiger partial charge on any atom is -0.358 e. The van der Waals surface area contributed by atoms with Crippen LogP contribution in [-0.2, 0) is 10.0 Å². The SMILES string of the molecule is N#Cc1c[nH]c2c(NS(=O)(=O)/C=C/c3ccccc3)cccc12. The number of fused-ring (bicyclic) bond motifs is 1. The van der Waals surface area contributed by atoms with Crippen molar-refractivity contribution >= 4 is 32.7 Å². The summed E-state index contributed by atoms with van der Waals surface area (Å²) in [5, 5.41) is 10.8. The van der Waals surface area contributed by atoms with E-state index in [1.165, 1.54) is 6.08 Å². The van der Waals surface area contributed by atoms with Gasteiger partial charge in [-0.25, -0.2) is 8.42 Å². The summed E-state index contributed by atoms with van der Waals surface area (Å²) < 4.78 is 26.9. The standard InChI is InChI=1S/C17H13N3O2S/c18-11-14-12-19-17-15(14)7-4-8-16(17)20-23(21,22)10-9-13-5-2-1-3-6-13/h1-10,12,19-20H/b10-9+. The van der Waals surface area contributed by atoms with E-state index < -0.39 is 10.0 Å². The summed E-state index contributed by atoms with van der Waals surface area (Å²) in [4.78, 5) is 2.93. The van der Waals surface area contributed by atoms with Crippen LogP contribution in [0.3, 0.4) is 0 Å². The lowest BCUT2D eigenvalue weighted by Gasteiger charge is -2.06. The summed E-state index contributed by atoms with van der Waals surface area (Å²) in [6, 6.07) is 16.3. The maximum Gasteiger partial charge on any atom is 0.255 e. The fourth-order valence-corrected chi connectivity index (χ4v) is 3.13. The lowest BCUT2D eigenvalue weighted by atomic mass is 10.2. The fourth-order valence-electron chi connectivity index (χ4n) is 2.25. The van der Waals surface area contributed by atoms with E-state index >= 15 is 0 Å². The highest BCUT2D eigenvalue weighted by Crippen LogP contribution is 2.26. The van der Waals surface area contributed by atoms with E-state index in [1.807, 2.05) is 30.3 Å².